The maximum absolute atomic E-state index is 11.4. The number of nitrogens with zero attached hydrogens (tertiary/aromatic N) is 3. The monoisotopic (exact) mass is 302 g/mol. The van der Waals surface area contributed by atoms with E-state index in [2.05, 4.69) is 15.6 Å². The number of benzene rings is 1. The molecule has 0 atom stereocenters. The van der Waals surface area contributed by atoms with Crippen LogP contribution in [0.25, 0.3) is 5.69 Å². The highest BCUT2D eigenvalue weighted by molar-refractivity contribution is 5.75. The van der Waals surface area contributed by atoms with E-state index in [9.17, 15) is 9.90 Å². The second-order valence-electron chi connectivity index (χ2n) is 6.42. The van der Waals surface area contributed by atoms with E-state index < -0.39 is 16.9 Å². The van der Waals surface area contributed by atoms with Crippen molar-refractivity contribution in [2.75, 3.05) is 0 Å². The largest absolute Gasteiger partial charge is 0.481 e. The topological polar surface area (TPSA) is 80.0 Å². The van der Waals surface area contributed by atoms with Gasteiger partial charge >= 0.3 is 5.97 Å². The Morgan fingerprint density at radius 1 is 1.23 bits per heavy atom. The first-order valence-corrected chi connectivity index (χ1v) is 7.18. The Labute approximate surface area is 130 Å². The first-order valence-electron chi connectivity index (χ1n) is 7.18. The van der Waals surface area contributed by atoms with Gasteiger partial charge in [0.05, 0.1) is 23.5 Å². The maximum Gasteiger partial charge on any atom is 0.310 e. The molecule has 0 fully saturated rings. The lowest BCUT2D eigenvalue weighted by Gasteiger charge is -2.39. The first kappa shape index (κ1) is 16.2. The zero-order valence-corrected chi connectivity index (χ0v) is 13.4. The van der Waals surface area contributed by atoms with E-state index in [1.165, 1.54) is 0 Å². The third-order valence-electron chi connectivity index (χ3n) is 4.46. The molecule has 2 rings (SSSR count). The molecule has 1 heterocycles. The van der Waals surface area contributed by atoms with Gasteiger partial charge in [0, 0.05) is 12.1 Å². The van der Waals surface area contributed by atoms with Gasteiger partial charge in [-0.1, -0.05) is 17.3 Å². The van der Waals surface area contributed by atoms with Crippen LogP contribution in [0.2, 0.25) is 0 Å². The molecule has 0 saturated carbocycles. The number of carboxylic acid groups (broad SMARTS) is 1. The summed E-state index contributed by atoms with van der Waals surface area (Å²) in [4.78, 5) is 11.4. The van der Waals surface area contributed by atoms with E-state index in [-0.39, 0.29) is 0 Å². The molecule has 0 spiro atoms. The van der Waals surface area contributed by atoms with Crippen LogP contribution in [0.5, 0.6) is 0 Å². The van der Waals surface area contributed by atoms with Gasteiger partial charge in [0.1, 0.15) is 0 Å². The Balaban J connectivity index is 2.04. The van der Waals surface area contributed by atoms with Crippen molar-refractivity contribution in [2.24, 2.45) is 5.41 Å². The number of hydrogen-bond acceptors (Lipinski definition) is 4. The lowest BCUT2D eigenvalue weighted by molar-refractivity contribution is -0.151. The Morgan fingerprint density at radius 3 is 2.36 bits per heavy atom. The van der Waals surface area contributed by atoms with Gasteiger partial charge in [-0.05, 0) is 45.4 Å². The Kier molecular flexibility index (Phi) is 4.32. The first-order chi connectivity index (χ1) is 10.2. The standard InChI is InChI=1S/C16H22N4O2/c1-15(2,14(21)22)16(3,4)17-11-12-5-7-13(8-6-12)20-10-9-18-19-20/h5-10,17H,11H2,1-4H3,(H,21,22). The fraction of sp³-hybridized carbons (Fsp3) is 0.438. The molecule has 6 nitrogen and oxygen atoms in total. The molecule has 0 aliphatic rings. The molecule has 2 aromatic rings. The van der Waals surface area contributed by atoms with Gasteiger partial charge in [-0.25, -0.2) is 4.68 Å². The normalized spacial score (nSPS) is 12.4. The molecule has 0 radical (unpaired) electrons. The highest BCUT2D eigenvalue weighted by atomic mass is 16.4. The SMILES string of the molecule is CC(C)(NCc1ccc(-n2ccnn2)cc1)C(C)(C)C(=O)O. The van der Waals surface area contributed by atoms with Crippen molar-refractivity contribution in [3.63, 3.8) is 0 Å². The van der Waals surface area contributed by atoms with E-state index in [0.717, 1.165) is 11.3 Å². The fourth-order valence-corrected chi connectivity index (χ4v) is 1.92. The van der Waals surface area contributed by atoms with Crippen molar-refractivity contribution in [2.45, 2.75) is 39.8 Å². The molecular weight excluding hydrogens is 280 g/mol. The number of aliphatic carboxylic acids is 1. The third-order valence-corrected chi connectivity index (χ3v) is 4.46. The summed E-state index contributed by atoms with van der Waals surface area (Å²) in [5.41, 5.74) is 0.612. The van der Waals surface area contributed by atoms with Crippen LogP contribution >= 0.6 is 0 Å². The van der Waals surface area contributed by atoms with Gasteiger partial charge in [-0.15, -0.1) is 5.10 Å². The molecular formula is C16H22N4O2. The highest BCUT2D eigenvalue weighted by Crippen LogP contribution is 2.31. The van der Waals surface area contributed by atoms with Crippen molar-refractivity contribution < 1.29 is 9.90 Å². The minimum atomic E-state index is -0.867. The van der Waals surface area contributed by atoms with Crippen LogP contribution in [-0.4, -0.2) is 31.6 Å². The van der Waals surface area contributed by atoms with E-state index in [0.29, 0.717) is 6.54 Å². The predicted molar refractivity (Wildman–Crippen MR) is 83.7 cm³/mol. The smallest absolute Gasteiger partial charge is 0.310 e. The van der Waals surface area contributed by atoms with Gasteiger partial charge < -0.3 is 10.4 Å². The van der Waals surface area contributed by atoms with E-state index >= 15 is 0 Å². The average molecular weight is 302 g/mol. The van der Waals surface area contributed by atoms with Crippen LogP contribution in [0.15, 0.2) is 36.7 Å². The van der Waals surface area contributed by atoms with Crippen LogP contribution in [-0.2, 0) is 11.3 Å². The Bertz CT molecular complexity index is 631. The zero-order valence-electron chi connectivity index (χ0n) is 13.4. The Morgan fingerprint density at radius 2 is 1.86 bits per heavy atom. The van der Waals surface area contributed by atoms with Crippen LogP contribution in [0.3, 0.4) is 0 Å². The number of rotatable bonds is 6. The molecule has 22 heavy (non-hydrogen) atoms. The van der Waals surface area contributed by atoms with Gasteiger partial charge in [0.15, 0.2) is 0 Å². The van der Waals surface area contributed by atoms with Crippen LogP contribution < -0.4 is 5.32 Å². The summed E-state index contributed by atoms with van der Waals surface area (Å²) in [7, 11) is 0. The van der Waals surface area contributed by atoms with E-state index in [1.54, 1.807) is 30.9 Å². The van der Waals surface area contributed by atoms with Gasteiger partial charge in [-0.2, -0.15) is 0 Å². The molecule has 118 valence electrons. The molecule has 0 bridgehead atoms. The molecule has 0 aliphatic carbocycles. The summed E-state index contributed by atoms with van der Waals surface area (Å²) >= 11 is 0. The molecule has 0 saturated heterocycles. The Hall–Kier alpha value is -2.21. The molecule has 0 unspecified atom stereocenters. The number of carbonyl (C=O) groups is 1. The highest BCUT2D eigenvalue weighted by Gasteiger charge is 2.42. The summed E-state index contributed by atoms with van der Waals surface area (Å²) in [6.07, 6.45) is 3.41. The lowest BCUT2D eigenvalue weighted by Crippen LogP contribution is -2.54. The molecule has 1 aromatic heterocycles. The number of aromatic nitrogens is 3. The summed E-state index contributed by atoms with van der Waals surface area (Å²) < 4.78 is 1.69. The quantitative estimate of drug-likeness (QED) is 0.855. The van der Waals surface area contributed by atoms with Gasteiger partial charge in [0.2, 0.25) is 0 Å². The summed E-state index contributed by atoms with van der Waals surface area (Å²) in [5, 5.41) is 20.4. The number of hydrogen-bond donors (Lipinski definition) is 2. The van der Waals surface area contributed by atoms with Crippen molar-refractivity contribution >= 4 is 5.97 Å². The fourth-order valence-electron chi connectivity index (χ4n) is 1.92. The molecule has 0 amide bonds. The van der Waals surface area contributed by atoms with E-state index in [1.807, 2.05) is 38.1 Å². The minimum absolute atomic E-state index is 0.538. The minimum Gasteiger partial charge on any atom is -0.481 e. The molecule has 1 aromatic carbocycles. The molecule has 6 heteroatoms. The number of carboxylic acids is 1. The van der Waals surface area contributed by atoms with Crippen molar-refractivity contribution in [1.29, 1.82) is 0 Å². The summed E-state index contributed by atoms with van der Waals surface area (Å²) in [5.74, 6) is -0.813. The molecule has 2 N–H and O–H groups in total. The average Bonchev–Trinajstić information content (AvgIpc) is 2.99. The number of nitrogens with one attached hydrogen (secondary N) is 1. The van der Waals surface area contributed by atoms with Crippen molar-refractivity contribution in [3.05, 3.63) is 42.2 Å². The van der Waals surface area contributed by atoms with Crippen LogP contribution in [0.1, 0.15) is 33.3 Å². The van der Waals surface area contributed by atoms with Crippen molar-refractivity contribution in [3.8, 4) is 5.69 Å². The van der Waals surface area contributed by atoms with E-state index in [4.69, 9.17) is 0 Å². The third kappa shape index (κ3) is 3.17. The van der Waals surface area contributed by atoms with Crippen LogP contribution in [0.4, 0.5) is 0 Å². The second kappa shape index (κ2) is 5.88. The predicted octanol–water partition coefficient (Wildman–Crippen LogP) is 2.25. The van der Waals surface area contributed by atoms with Crippen molar-refractivity contribution in [1.82, 2.24) is 20.3 Å². The summed E-state index contributed by atoms with van der Waals surface area (Å²) in [6, 6.07) is 7.91. The van der Waals surface area contributed by atoms with Crippen LogP contribution in [0, 0.1) is 5.41 Å². The maximum atomic E-state index is 11.4. The summed E-state index contributed by atoms with van der Waals surface area (Å²) in [6.45, 7) is 7.88. The molecule has 0 aliphatic heterocycles. The zero-order chi connectivity index (χ0) is 16.4. The van der Waals surface area contributed by atoms with Gasteiger partial charge in [0.25, 0.3) is 0 Å². The lowest BCUT2D eigenvalue weighted by atomic mass is 9.74. The second-order valence-corrected chi connectivity index (χ2v) is 6.42. The van der Waals surface area contributed by atoms with Gasteiger partial charge in [-0.3, -0.25) is 4.79 Å².